The number of carbonyl (C=O) groups excluding carboxylic acids is 1. The Balaban J connectivity index is 2.11. The van der Waals surface area contributed by atoms with E-state index in [0.717, 1.165) is 24.2 Å². The van der Waals surface area contributed by atoms with E-state index >= 15 is 0 Å². The lowest BCUT2D eigenvalue weighted by Crippen LogP contribution is -2.17. The van der Waals surface area contributed by atoms with Crippen LogP contribution in [0, 0.1) is 0 Å². The van der Waals surface area contributed by atoms with Gasteiger partial charge in [0, 0.05) is 30.2 Å². The van der Waals surface area contributed by atoms with Crippen LogP contribution in [0.2, 0.25) is 0 Å². The Morgan fingerprint density at radius 2 is 1.94 bits per heavy atom. The molecule has 1 saturated heterocycles. The Morgan fingerprint density at radius 1 is 1.17 bits per heavy atom. The zero-order valence-electron chi connectivity index (χ0n) is 9.89. The van der Waals surface area contributed by atoms with Gasteiger partial charge in [-0.3, -0.25) is 4.79 Å². The Morgan fingerprint density at radius 3 is 2.67 bits per heavy atom. The van der Waals surface area contributed by atoms with Crippen LogP contribution in [-0.4, -0.2) is 19.4 Å². The molecule has 0 radical (unpaired) electrons. The largest absolute Gasteiger partial charge is 0.422 e. The molecule has 1 aromatic carbocycles. The number of hydrogen-bond donors (Lipinski definition) is 0. The maximum absolute atomic E-state index is 11.5. The minimum absolute atomic E-state index is 0.0661. The zero-order chi connectivity index (χ0) is 12.5. The average molecular weight is 243 g/mol. The van der Waals surface area contributed by atoms with E-state index in [1.807, 2.05) is 18.2 Å². The van der Waals surface area contributed by atoms with Crippen LogP contribution in [-0.2, 0) is 0 Å². The van der Waals surface area contributed by atoms with Gasteiger partial charge in [-0.2, -0.15) is 0 Å². The second-order valence-corrected chi connectivity index (χ2v) is 4.52. The molecule has 0 spiro atoms. The van der Waals surface area contributed by atoms with Gasteiger partial charge in [0.25, 0.3) is 0 Å². The second kappa shape index (κ2) is 4.29. The highest BCUT2D eigenvalue weighted by atomic mass is 16.4. The van der Waals surface area contributed by atoms with Crippen LogP contribution >= 0.6 is 0 Å². The molecule has 1 fully saturated rings. The summed E-state index contributed by atoms with van der Waals surface area (Å²) in [5.74, 6) is 0. The number of aldehydes is 1. The molecule has 4 nitrogen and oxygen atoms in total. The summed E-state index contributed by atoms with van der Waals surface area (Å²) in [6.07, 6.45) is 2.93. The van der Waals surface area contributed by atoms with Crippen molar-refractivity contribution in [2.24, 2.45) is 0 Å². The first-order valence-electron chi connectivity index (χ1n) is 6.06. The zero-order valence-corrected chi connectivity index (χ0v) is 9.89. The van der Waals surface area contributed by atoms with E-state index in [1.165, 1.54) is 12.8 Å². The van der Waals surface area contributed by atoms with Crippen LogP contribution in [0.4, 0.5) is 5.69 Å². The highest BCUT2D eigenvalue weighted by Crippen LogP contribution is 2.24. The Hall–Kier alpha value is -2.10. The predicted molar refractivity (Wildman–Crippen MR) is 69.3 cm³/mol. The fourth-order valence-electron chi connectivity index (χ4n) is 2.37. The number of nitrogens with zero attached hydrogens (tertiary/aromatic N) is 1. The molecule has 1 aliphatic heterocycles. The smallest absolute Gasteiger partial charge is 0.346 e. The molecule has 0 atom stereocenters. The van der Waals surface area contributed by atoms with E-state index in [1.54, 1.807) is 6.07 Å². The van der Waals surface area contributed by atoms with Gasteiger partial charge in [-0.15, -0.1) is 0 Å². The molecule has 2 heterocycles. The number of carbonyl (C=O) groups is 1. The standard InChI is InChI=1S/C14H13NO3/c16-9-11-7-10-3-4-12(15-5-1-2-6-15)8-13(10)18-14(11)17/h3-4,7-9H,1-2,5-6H2. The van der Waals surface area contributed by atoms with E-state index in [-0.39, 0.29) is 5.56 Å². The first kappa shape index (κ1) is 11.0. The molecule has 92 valence electrons. The van der Waals surface area contributed by atoms with E-state index < -0.39 is 5.63 Å². The lowest BCUT2D eigenvalue weighted by Gasteiger charge is -2.17. The SMILES string of the molecule is O=Cc1cc2ccc(N3CCCC3)cc2oc1=O. The van der Waals surface area contributed by atoms with Crippen molar-refractivity contribution in [1.29, 1.82) is 0 Å². The first-order chi connectivity index (χ1) is 8.78. The molecule has 0 bridgehead atoms. The third-order valence-electron chi connectivity index (χ3n) is 3.34. The van der Waals surface area contributed by atoms with E-state index in [4.69, 9.17) is 4.42 Å². The van der Waals surface area contributed by atoms with Gasteiger partial charge in [-0.1, -0.05) is 0 Å². The van der Waals surface area contributed by atoms with E-state index in [2.05, 4.69) is 4.90 Å². The third kappa shape index (κ3) is 1.79. The van der Waals surface area contributed by atoms with Gasteiger partial charge in [0.2, 0.25) is 0 Å². The fourth-order valence-corrected chi connectivity index (χ4v) is 2.37. The molecule has 4 heteroatoms. The summed E-state index contributed by atoms with van der Waals surface area (Å²) < 4.78 is 5.17. The van der Waals surface area contributed by atoms with Crippen molar-refractivity contribution in [2.75, 3.05) is 18.0 Å². The van der Waals surface area contributed by atoms with Crippen LogP contribution in [0.1, 0.15) is 23.2 Å². The average Bonchev–Trinajstić information content (AvgIpc) is 2.91. The Labute approximate surface area is 104 Å². The summed E-state index contributed by atoms with van der Waals surface area (Å²) in [7, 11) is 0. The predicted octanol–water partition coefficient (Wildman–Crippen LogP) is 2.21. The van der Waals surface area contributed by atoms with Crippen LogP contribution in [0.3, 0.4) is 0 Å². The van der Waals surface area contributed by atoms with Crippen LogP contribution in [0.25, 0.3) is 11.0 Å². The number of hydrogen-bond acceptors (Lipinski definition) is 4. The normalized spacial score (nSPS) is 15.2. The minimum Gasteiger partial charge on any atom is -0.422 e. The first-order valence-corrected chi connectivity index (χ1v) is 6.06. The van der Waals surface area contributed by atoms with Crippen LogP contribution < -0.4 is 10.5 Å². The van der Waals surface area contributed by atoms with Gasteiger partial charge in [0.1, 0.15) is 11.1 Å². The molecule has 0 N–H and O–H groups in total. The van der Waals surface area contributed by atoms with Crippen molar-refractivity contribution in [3.63, 3.8) is 0 Å². The molecule has 0 aliphatic carbocycles. The number of rotatable bonds is 2. The Bertz CT molecular complexity index is 654. The lowest BCUT2D eigenvalue weighted by atomic mass is 10.1. The molecule has 2 aromatic rings. The molecule has 1 aliphatic rings. The summed E-state index contributed by atoms with van der Waals surface area (Å²) >= 11 is 0. The van der Waals surface area contributed by atoms with Crippen molar-refractivity contribution in [1.82, 2.24) is 0 Å². The quantitative estimate of drug-likeness (QED) is 0.599. The second-order valence-electron chi connectivity index (χ2n) is 4.52. The maximum Gasteiger partial charge on any atom is 0.346 e. The highest BCUT2D eigenvalue weighted by molar-refractivity contribution is 5.86. The molecular formula is C14H13NO3. The van der Waals surface area contributed by atoms with Crippen molar-refractivity contribution < 1.29 is 9.21 Å². The molecular weight excluding hydrogens is 230 g/mol. The molecule has 1 aromatic heterocycles. The fraction of sp³-hybridized carbons (Fsp3) is 0.286. The van der Waals surface area contributed by atoms with Gasteiger partial charge in [-0.25, -0.2) is 4.79 Å². The van der Waals surface area contributed by atoms with Gasteiger partial charge in [-0.05, 0) is 31.0 Å². The maximum atomic E-state index is 11.5. The Kier molecular flexibility index (Phi) is 2.63. The van der Waals surface area contributed by atoms with Gasteiger partial charge in [0.15, 0.2) is 6.29 Å². The van der Waals surface area contributed by atoms with E-state index in [9.17, 15) is 9.59 Å². The molecule has 3 rings (SSSR count). The third-order valence-corrected chi connectivity index (χ3v) is 3.34. The molecule has 0 unspecified atom stereocenters. The van der Waals surface area contributed by atoms with Crippen molar-refractivity contribution in [2.45, 2.75) is 12.8 Å². The topological polar surface area (TPSA) is 50.5 Å². The van der Waals surface area contributed by atoms with Crippen molar-refractivity contribution in [3.05, 3.63) is 40.2 Å². The summed E-state index contributed by atoms with van der Waals surface area (Å²) in [5.41, 5.74) is 1.10. The highest BCUT2D eigenvalue weighted by Gasteiger charge is 2.13. The molecule has 0 saturated carbocycles. The summed E-state index contributed by atoms with van der Waals surface area (Å²) in [6.45, 7) is 2.09. The van der Waals surface area contributed by atoms with E-state index in [0.29, 0.717) is 11.9 Å². The lowest BCUT2D eigenvalue weighted by molar-refractivity contribution is 0.112. The van der Waals surface area contributed by atoms with Crippen LogP contribution in [0.5, 0.6) is 0 Å². The minimum atomic E-state index is -0.573. The summed E-state index contributed by atoms with van der Waals surface area (Å²) in [4.78, 5) is 24.4. The monoisotopic (exact) mass is 243 g/mol. The number of fused-ring (bicyclic) bond motifs is 1. The van der Waals surface area contributed by atoms with Crippen molar-refractivity contribution >= 4 is 22.9 Å². The summed E-state index contributed by atoms with van der Waals surface area (Å²) in [6, 6.07) is 7.33. The van der Waals surface area contributed by atoms with Crippen molar-refractivity contribution in [3.8, 4) is 0 Å². The number of anilines is 1. The summed E-state index contributed by atoms with van der Waals surface area (Å²) in [5, 5.41) is 0.777. The van der Waals surface area contributed by atoms with Gasteiger partial charge >= 0.3 is 5.63 Å². The molecule has 18 heavy (non-hydrogen) atoms. The van der Waals surface area contributed by atoms with Gasteiger partial charge < -0.3 is 9.32 Å². The number of benzene rings is 1. The van der Waals surface area contributed by atoms with Gasteiger partial charge in [0.05, 0.1) is 0 Å². The molecule has 0 amide bonds. The van der Waals surface area contributed by atoms with Crippen LogP contribution in [0.15, 0.2) is 33.5 Å².